The van der Waals surface area contributed by atoms with E-state index < -0.39 is 23.5 Å². The Balaban J connectivity index is 2.45. The molecule has 0 fully saturated rings. The molecule has 0 aliphatic rings. The molecule has 1 unspecified atom stereocenters. The van der Waals surface area contributed by atoms with E-state index in [1.54, 1.807) is 12.1 Å². The topological polar surface area (TPSA) is 24.9 Å². The third-order valence-corrected chi connectivity index (χ3v) is 3.24. The quantitative estimate of drug-likeness (QED) is 0.835. The monoisotopic (exact) mass is 314 g/mol. The van der Waals surface area contributed by atoms with Gasteiger partial charge in [-0.2, -0.15) is 0 Å². The number of hydrogen-bond acceptors (Lipinski definition) is 2. The number of aromatic nitrogens is 1. The molecule has 1 heterocycles. The van der Waals surface area contributed by atoms with Gasteiger partial charge in [0.1, 0.15) is 0 Å². The highest BCUT2D eigenvalue weighted by atomic mass is 35.5. The van der Waals surface area contributed by atoms with Crippen LogP contribution in [0.5, 0.6) is 0 Å². The molecule has 2 nitrogen and oxygen atoms in total. The molecule has 1 aromatic heterocycles. The van der Waals surface area contributed by atoms with E-state index in [9.17, 15) is 13.2 Å². The smallest absolute Gasteiger partial charge is 0.194 e. The Kier molecular flexibility index (Phi) is 5.20. The Hall–Kier alpha value is -1.59. The average molecular weight is 315 g/mol. The van der Waals surface area contributed by atoms with Crippen molar-refractivity contribution in [2.75, 3.05) is 6.54 Å². The molecular formula is C15H14ClF3N2. The molecule has 0 saturated carbocycles. The molecule has 0 aliphatic carbocycles. The predicted molar refractivity (Wildman–Crippen MR) is 75.7 cm³/mol. The lowest BCUT2D eigenvalue weighted by Crippen LogP contribution is -2.25. The minimum atomic E-state index is -1.48. The summed E-state index contributed by atoms with van der Waals surface area (Å²) in [5.74, 6) is -3.90. The van der Waals surface area contributed by atoms with Gasteiger partial charge in [0, 0.05) is 11.8 Å². The summed E-state index contributed by atoms with van der Waals surface area (Å²) in [6.07, 6.45) is 2.23. The van der Waals surface area contributed by atoms with Crippen LogP contribution < -0.4 is 5.32 Å². The summed E-state index contributed by atoms with van der Waals surface area (Å²) in [6.45, 7) is 2.52. The van der Waals surface area contributed by atoms with E-state index in [2.05, 4.69) is 10.3 Å². The van der Waals surface area contributed by atoms with Gasteiger partial charge in [-0.15, -0.1) is 0 Å². The maximum atomic E-state index is 14.0. The highest BCUT2D eigenvalue weighted by Crippen LogP contribution is 2.26. The number of halogens is 4. The molecule has 0 aliphatic heterocycles. The predicted octanol–water partition coefficient (Wildman–Crippen LogP) is 4.24. The van der Waals surface area contributed by atoms with Crippen molar-refractivity contribution in [1.82, 2.24) is 10.3 Å². The van der Waals surface area contributed by atoms with Gasteiger partial charge in [0.2, 0.25) is 0 Å². The molecule has 6 heteroatoms. The van der Waals surface area contributed by atoms with E-state index in [1.165, 1.54) is 12.3 Å². The van der Waals surface area contributed by atoms with E-state index in [1.807, 2.05) is 6.92 Å². The fourth-order valence-corrected chi connectivity index (χ4v) is 2.10. The van der Waals surface area contributed by atoms with Crippen LogP contribution >= 0.6 is 11.6 Å². The van der Waals surface area contributed by atoms with E-state index in [-0.39, 0.29) is 5.56 Å². The fraction of sp³-hybridized carbons (Fsp3) is 0.267. The summed E-state index contributed by atoms with van der Waals surface area (Å²) in [7, 11) is 0. The Morgan fingerprint density at radius 1 is 1.14 bits per heavy atom. The molecule has 0 spiro atoms. The molecule has 0 amide bonds. The van der Waals surface area contributed by atoms with Gasteiger partial charge in [0.15, 0.2) is 17.5 Å². The maximum absolute atomic E-state index is 14.0. The zero-order chi connectivity index (χ0) is 15.4. The van der Waals surface area contributed by atoms with E-state index in [0.717, 1.165) is 12.5 Å². The first kappa shape index (κ1) is 15.8. The second-order valence-corrected chi connectivity index (χ2v) is 4.99. The van der Waals surface area contributed by atoms with Gasteiger partial charge in [0.25, 0.3) is 0 Å². The number of hydrogen-bond donors (Lipinski definition) is 1. The van der Waals surface area contributed by atoms with Gasteiger partial charge in [-0.25, -0.2) is 13.2 Å². The van der Waals surface area contributed by atoms with Gasteiger partial charge < -0.3 is 5.32 Å². The Labute approximate surface area is 126 Å². The molecule has 0 bridgehead atoms. The molecule has 0 saturated heterocycles. The van der Waals surface area contributed by atoms with Gasteiger partial charge in [-0.3, -0.25) is 4.98 Å². The van der Waals surface area contributed by atoms with Crippen LogP contribution in [0.4, 0.5) is 13.2 Å². The summed E-state index contributed by atoms with van der Waals surface area (Å²) >= 11 is 5.78. The average Bonchev–Trinajstić information content (AvgIpc) is 2.48. The molecule has 112 valence electrons. The van der Waals surface area contributed by atoms with Crippen molar-refractivity contribution in [2.45, 2.75) is 19.4 Å². The lowest BCUT2D eigenvalue weighted by Gasteiger charge is -2.19. The summed E-state index contributed by atoms with van der Waals surface area (Å²) in [4.78, 5) is 4.12. The highest BCUT2D eigenvalue weighted by molar-refractivity contribution is 6.30. The van der Waals surface area contributed by atoms with E-state index in [0.29, 0.717) is 17.3 Å². The lowest BCUT2D eigenvalue weighted by atomic mass is 10.0. The second kappa shape index (κ2) is 6.91. The second-order valence-electron chi connectivity index (χ2n) is 4.55. The SMILES string of the molecule is CCCNC(c1ccc(Cl)cn1)c1ccc(F)c(F)c1F. The minimum Gasteiger partial charge on any atom is -0.305 e. The standard InChI is InChI=1S/C15H14ClF3N2/c1-2-7-20-15(12-6-3-9(16)8-21-12)10-4-5-11(17)14(19)13(10)18/h3-6,8,15,20H,2,7H2,1H3. The normalized spacial score (nSPS) is 12.4. The van der Waals surface area contributed by atoms with Gasteiger partial charge in [-0.1, -0.05) is 24.6 Å². The summed E-state index contributed by atoms with van der Waals surface area (Å²) in [5.41, 5.74) is 0.495. The summed E-state index contributed by atoms with van der Waals surface area (Å²) in [5, 5.41) is 3.52. The number of nitrogens with one attached hydrogen (secondary N) is 1. The number of benzene rings is 1. The molecule has 21 heavy (non-hydrogen) atoms. The van der Waals surface area contributed by atoms with Crippen molar-refractivity contribution in [3.05, 3.63) is 64.2 Å². The Morgan fingerprint density at radius 3 is 2.52 bits per heavy atom. The number of nitrogens with zero attached hydrogens (tertiary/aromatic N) is 1. The molecule has 2 aromatic rings. The fourth-order valence-electron chi connectivity index (χ4n) is 1.98. The van der Waals surface area contributed by atoms with E-state index in [4.69, 9.17) is 11.6 Å². The van der Waals surface area contributed by atoms with Crippen molar-refractivity contribution in [2.24, 2.45) is 0 Å². The van der Waals surface area contributed by atoms with Crippen molar-refractivity contribution < 1.29 is 13.2 Å². The van der Waals surface area contributed by atoms with Gasteiger partial charge in [-0.05, 0) is 31.2 Å². The molecule has 1 aromatic carbocycles. The molecular weight excluding hydrogens is 301 g/mol. The van der Waals surface area contributed by atoms with Crippen LogP contribution in [0.2, 0.25) is 5.02 Å². The molecule has 0 radical (unpaired) electrons. The van der Waals surface area contributed by atoms with Gasteiger partial charge >= 0.3 is 0 Å². The third-order valence-electron chi connectivity index (χ3n) is 3.02. The van der Waals surface area contributed by atoms with Crippen molar-refractivity contribution in [1.29, 1.82) is 0 Å². The Morgan fingerprint density at radius 2 is 1.90 bits per heavy atom. The number of rotatable bonds is 5. The van der Waals surface area contributed by atoms with Crippen LogP contribution in [0.25, 0.3) is 0 Å². The number of pyridine rings is 1. The molecule has 2 rings (SSSR count). The van der Waals surface area contributed by atoms with Crippen LogP contribution in [-0.4, -0.2) is 11.5 Å². The lowest BCUT2D eigenvalue weighted by molar-refractivity contribution is 0.431. The van der Waals surface area contributed by atoms with Gasteiger partial charge in [0.05, 0.1) is 16.8 Å². The van der Waals surface area contributed by atoms with Crippen LogP contribution in [0.15, 0.2) is 30.5 Å². The maximum Gasteiger partial charge on any atom is 0.194 e. The first-order valence-corrected chi connectivity index (χ1v) is 6.90. The summed E-state index contributed by atoms with van der Waals surface area (Å²) < 4.78 is 40.5. The van der Waals surface area contributed by atoms with Crippen LogP contribution in [-0.2, 0) is 0 Å². The highest BCUT2D eigenvalue weighted by Gasteiger charge is 2.22. The zero-order valence-corrected chi connectivity index (χ0v) is 12.1. The molecule has 1 N–H and O–H groups in total. The first-order chi connectivity index (χ1) is 10.0. The van der Waals surface area contributed by atoms with Crippen molar-refractivity contribution >= 4 is 11.6 Å². The van der Waals surface area contributed by atoms with Crippen molar-refractivity contribution in [3.63, 3.8) is 0 Å². The van der Waals surface area contributed by atoms with Crippen LogP contribution in [0.1, 0.15) is 30.6 Å². The minimum absolute atomic E-state index is 0.0113. The van der Waals surface area contributed by atoms with Crippen LogP contribution in [0, 0.1) is 17.5 Å². The first-order valence-electron chi connectivity index (χ1n) is 6.52. The van der Waals surface area contributed by atoms with Crippen LogP contribution in [0.3, 0.4) is 0 Å². The zero-order valence-electron chi connectivity index (χ0n) is 11.3. The van der Waals surface area contributed by atoms with E-state index >= 15 is 0 Å². The van der Waals surface area contributed by atoms with Crippen molar-refractivity contribution in [3.8, 4) is 0 Å². The Bertz CT molecular complexity index is 617. The third kappa shape index (κ3) is 3.54. The largest absolute Gasteiger partial charge is 0.305 e. The molecule has 1 atom stereocenters. The summed E-state index contributed by atoms with van der Waals surface area (Å²) in [6, 6.07) is 4.69.